The molecular weight excluding hydrogens is 418 g/mol. The number of hydrogen-bond donors (Lipinski definition) is 1. The molecule has 156 valence electrons. The van der Waals surface area contributed by atoms with Crippen LogP contribution < -0.4 is 10.1 Å². The fourth-order valence-corrected chi connectivity index (χ4v) is 6.46. The van der Waals surface area contributed by atoms with E-state index in [1.165, 1.54) is 11.3 Å². The molecule has 1 N–H and O–H groups in total. The predicted octanol–water partition coefficient (Wildman–Crippen LogP) is 5.23. The smallest absolute Gasteiger partial charge is 0.225 e. The number of rotatable bonds is 7. The molecule has 0 fully saturated rings. The maximum absolute atomic E-state index is 13.1. The summed E-state index contributed by atoms with van der Waals surface area (Å²) in [6.07, 6.45) is 2.36. The molecule has 7 heteroatoms. The van der Waals surface area contributed by atoms with Gasteiger partial charge in [-0.2, -0.15) is 0 Å². The third-order valence-corrected chi connectivity index (χ3v) is 8.19. The average Bonchev–Trinajstić information content (AvgIpc) is 3.19. The van der Waals surface area contributed by atoms with E-state index in [0.29, 0.717) is 12.3 Å². The molecule has 4 rings (SSSR count). The molecule has 0 saturated heterocycles. The second kappa shape index (κ2) is 8.62. The van der Waals surface area contributed by atoms with E-state index in [4.69, 9.17) is 4.74 Å². The van der Waals surface area contributed by atoms with Gasteiger partial charge in [-0.05, 0) is 36.2 Å². The van der Waals surface area contributed by atoms with Crippen LogP contribution in [-0.2, 0) is 14.6 Å². The molecule has 5 nitrogen and oxygen atoms in total. The number of fused-ring (bicyclic) bond motifs is 1. The van der Waals surface area contributed by atoms with E-state index >= 15 is 0 Å². The van der Waals surface area contributed by atoms with Gasteiger partial charge in [0.05, 0.1) is 17.2 Å². The number of carbonyl (C=O) groups is 1. The summed E-state index contributed by atoms with van der Waals surface area (Å²) in [4.78, 5) is 13.7. The SMILES string of the molecule is CCCCOc1ccc([C@H]2CC(=O)Nc3c(S(=O)(=O)c4ccccc4)csc32)cc1. The van der Waals surface area contributed by atoms with Crippen LogP contribution in [0.15, 0.2) is 69.8 Å². The van der Waals surface area contributed by atoms with Gasteiger partial charge < -0.3 is 10.1 Å². The van der Waals surface area contributed by atoms with Crippen LogP contribution in [-0.4, -0.2) is 20.9 Å². The van der Waals surface area contributed by atoms with Gasteiger partial charge in [0.1, 0.15) is 10.6 Å². The second-order valence-electron chi connectivity index (χ2n) is 7.23. The lowest BCUT2D eigenvalue weighted by molar-refractivity contribution is -0.116. The van der Waals surface area contributed by atoms with Crippen LogP contribution in [0.3, 0.4) is 0 Å². The standard InChI is InChI=1S/C23H23NO4S2/c1-2-3-13-28-17-11-9-16(10-12-17)19-14-21(25)24-22-20(15-29-23(19)22)30(26,27)18-7-5-4-6-8-18/h4-12,15,19H,2-3,13-14H2,1H3,(H,24,25)/t19-/m1/s1. The number of unbranched alkanes of at least 4 members (excludes halogenated alkanes) is 1. The molecule has 0 unspecified atom stereocenters. The Kier molecular flexibility index (Phi) is 5.92. The molecule has 0 aliphatic carbocycles. The quantitative estimate of drug-likeness (QED) is 0.509. The Morgan fingerprint density at radius 2 is 1.83 bits per heavy atom. The van der Waals surface area contributed by atoms with Gasteiger partial charge in [-0.15, -0.1) is 11.3 Å². The van der Waals surface area contributed by atoms with Crippen molar-refractivity contribution >= 4 is 32.8 Å². The lowest BCUT2D eigenvalue weighted by Gasteiger charge is -2.24. The first-order valence-corrected chi connectivity index (χ1v) is 12.3. The van der Waals surface area contributed by atoms with Gasteiger partial charge in [0, 0.05) is 22.6 Å². The van der Waals surface area contributed by atoms with E-state index in [1.807, 2.05) is 24.3 Å². The number of amides is 1. The Morgan fingerprint density at radius 1 is 1.10 bits per heavy atom. The fourth-order valence-electron chi connectivity index (χ4n) is 3.53. The first-order chi connectivity index (χ1) is 14.5. The highest BCUT2D eigenvalue weighted by Gasteiger charge is 2.34. The molecule has 0 radical (unpaired) electrons. The molecule has 0 bridgehead atoms. The Balaban J connectivity index is 1.66. The number of hydrogen-bond acceptors (Lipinski definition) is 5. The predicted molar refractivity (Wildman–Crippen MR) is 118 cm³/mol. The van der Waals surface area contributed by atoms with Gasteiger partial charge in [0.2, 0.25) is 15.7 Å². The maximum Gasteiger partial charge on any atom is 0.225 e. The van der Waals surface area contributed by atoms with Gasteiger partial charge >= 0.3 is 0 Å². The van der Waals surface area contributed by atoms with E-state index in [-0.39, 0.29) is 28.0 Å². The normalized spacial score (nSPS) is 16.0. The van der Waals surface area contributed by atoms with Crippen molar-refractivity contribution in [1.82, 2.24) is 0 Å². The summed E-state index contributed by atoms with van der Waals surface area (Å²) >= 11 is 1.37. The summed E-state index contributed by atoms with van der Waals surface area (Å²) in [7, 11) is -3.71. The zero-order chi connectivity index (χ0) is 21.1. The molecule has 3 aromatic rings. The van der Waals surface area contributed by atoms with Crippen LogP contribution in [0.4, 0.5) is 5.69 Å². The molecule has 2 heterocycles. The Hall–Kier alpha value is -2.64. The van der Waals surface area contributed by atoms with Crippen molar-refractivity contribution < 1.29 is 17.9 Å². The lowest BCUT2D eigenvalue weighted by atomic mass is 9.90. The molecule has 30 heavy (non-hydrogen) atoms. The summed E-state index contributed by atoms with van der Waals surface area (Å²) in [6.45, 7) is 2.79. The number of ether oxygens (including phenoxy) is 1. The summed E-state index contributed by atoms with van der Waals surface area (Å²) in [6, 6.07) is 16.0. The van der Waals surface area contributed by atoms with Crippen molar-refractivity contribution in [2.75, 3.05) is 11.9 Å². The number of sulfone groups is 1. The second-order valence-corrected chi connectivity index (χ2v) is 10.1. The molecule has 1 aliphatic heterocycles. The Bertz CT molecular complexity index is 1140. The van der Waals surface area contributed by atoms with E-state index in [1.54, 1.807) is 35.7 Å². The molecule has 1 atom stereocenters. The van der Waals surface area contributed by atoms with Crippen LogP contribution >= 0.6 is 11.3 Å². The third kappa shape index (κ3) is 4.00. The van der Waals surface area contributed by atoms with Crippen molar-refractivity contribution in [2.45, 2.75) is 41.9 Å². The lowest BCUT2D eigenvalue weighted by Crippen LogP contribution is -2.23. The minimum atomic E-state index is -3.71. The van der Waals surface area contributed by atoms with E-state index in [0.717, 1.165) is 29.0 Å². The third-order valence-electron chi connectivity index (χ3n) is 5.15. The van der Waals surface area contributed by atoms with Crippen molar-refractivity contribution in [2.24, 2.45) is 0 Å². The summed E-state index contributed by atoms with van der Waals surface area (Å²) in [5.41, 5.74) is 1.38. The van der Waals surface area contributed by atoms with E-state index in [9.17, 15) is 13.2 Å². The van der Waals surface area contributed by atoms with Gasteiger partial charge in [-0.3, -0.25) is 4.79 Å². The zero-order valence-electron chi connectivity index (χ0n) is 16.6. The summed E-state index contributed by atoms with van der Waals surface area (Å²) in [5.74, 6) is 0.438. The van der Waals surface area contributed by atoms with Crippen LogP contribution in [0.25, 0.3) is 0 Å². The minimum absolute atomic E-state index is 0.159. The topological polar surface area (TPSA) is 72.5 Å². The first-order valence-electron chi connectivity index (χ1n) is 9.95. The van der Waals surface area contributed by atoms with Gasteiger partial charge in [0.15, 0.2) is 0 Å². The fraction of sp³-hybridized carbons (Fsp3) is 0.261. The number of benzene rings is 2. The number of thiophene rings is 1. The molecular formula is C23H23NO4S2. The highest BCUT2D eigenvalue weighted by Crippen LogP contribution is 2.46. The highest BCUT2D eigenvalue weighted by molar-refractivity contribution is 7.91. The molecule has 1 amide bonds. The van der Waals surface area contributed by atoms with Crippen LogP contribution in [0.2, 0.25) is 0 Å². The maximum atomic E-state index is 13.1. The number of nitrogens with one attached hydrogen (secondary N) is 1. The average molecular weight is 442 g/mol. The van der Waals surface area contributed by atoms with E-state index < -0.39 is 9.84 Å². The van der Waals surface area contributed by atoms with E-state index in [2.05, 4.69) is 12.2 Å². The molecule has 1 aliphatic rings. The number of anilines is 1. The monoisotopic (exact) mass is 441 g/mol. The van der Waals surface area contributed by atoms with Crippen LogP contribution in [0, 0.1) is 0 Å². The number of carbonyl (C=O) groups excluding carboxylic acids is 1. The molecule has 0 saturated carbocycles. The zero-order valence-corrected chi connectivity index (χ0v) is 18.3. The minimum Gasteiger partial charge on any atom is -0.494 e. The van der Waals surface area contributed by atoms with Gasteiger partial charge in [0.25, 0.3) is 0 Å². The molecule has 2 aromatic carbocycles. The molecule has 1 aromatic heterocycles. The van der Waals surface area contributed by atoms with Gasteiger partial charge in [-0.25, -0.2) is 8.42 Å². The summed E-state index contributed by atoms with van der Waals surface area (Å²) < 4.78 is 32.0. The highest BCUT2D eigenvalue weighted by atomic mass is 32.2. The van der Waals surface area contributed by atoms with Crippen molar-refractivity contribution in [3.63, 3.8) is 0 Å². The Labute approximate surface area is 180 Å². The van der Waals surface area contributed by atoms with Crippen molar-refractivity contribution in [1.29, 1.82) is 0 Å². The van der Waals surface area contributed by atoms with Crippen molar-refractivity contribution in [3.05, 3.63) is 70.4 Å². The first kappa shape index (κ1) is 20.6. The van der Waals surface area contributed by atoms with Crippen LogP contribution in [0.1, 0.15) is 42.5 Å². The van der Waals surface area contributed by atoms with Gasteiger partial charge in [-0.1, -0.05) is 43.7 Å². The van der Waals surface area contributed by atoms with Crippen LogP contribution in [0.5, 0.6) is 5.75 Å². The Morgan fingerprint density at radius 3 is 2.53 bits per heavy atom. The largest absolute Gasteiger partial charge is 0.494 e. The summed E-state index contributed by atoms with van der Waals surface area (Å²) in [5, 5.41) is 4.43. The molecule has 0 spiro atoms. The van der Waals surface area contributed by atoms with Crippen molar-refractivity contribution in [3.8, 4) is 5.75 Å².